The number of nitrogens with zero attached hydrogens (tertiary/aromatic N) is 5. The molecule has 2 aliphatic heterocycles. The molecule has 12 nitrogen and oxygen atoms in total. The molecule has 0 saturated carbocycles. The number of hydrogen-bond donors (Lipinski definition) is 2. The number of rotatable bonds is 10. The number of phenolic OH excluding ortho intramolecular Hbond substituents is 1. The highest BCUT2D eigenvalue weighted by molar-refractivity contribution is 5.92. The molecule has 6 aromatic rings. The van der Waals surface area contributed by atoms with Crippen molar-refractivity contribution in [3.05, 3.63) is 150 Å². The van der Waals surface area contributed by atoms with Crippen LogP contribution in [0.4, 0.5) is 4.79 Å². The second-order valence-electron chi connectivity index (χ2n) is 13.7. The van der Waals surface area contributed by atoms with Crippen LogP contribution in [0.1, 0.15) is 22.5 Å². The Morgan fingerprint density at radius 2 is 1.64 bits per heavy atom. The number of methoxy groups -OCH3 is 1. The maximum absolute atomic E-state index is 14.6. The van der Waals surface area contributed by atoms with E-state index in [0.717, 1.165) is 33.0 Å². The number of aromatic nitrogens is 1. The Bertz CT molecular complexity index is 2320. The normalized spacial score (nSPS) is 17.4. The topological polar surface area (TPSA) is 132 Å². The molecule has 0 spiro atoms. The summed E-state index contributed by atoms with van der Waals surface area (Å²) in [7, 11) is 1.60. The minimum Gasteiger partial charge on any atom is -0.508 e. The van der Waals surface area contributed by atoms with Crippen LogP contribution < -0.4 is 10.1 Å². The molecule has 0 bridgehead atoms. The van der Waals surface area contributed by atoms with Crippen LogP contribution in [0.15, 0.2) is 132 Å². The molecule has 2 fully saturated rings. The maximum Gasteiger partial charge on any atom is 0.334 e. The minimum atomic E-state index is -0.915. The summed E-state index contributed by atoms with van der Waals surface area (Å²) in [5, 5.41) is 22.6. The largest absolute Gasteiger partial charge is 0.508 e. The van der Waals surface area contributed by atoms with E-state index in [2.05, 4.69) is 10.5 Å². The first-order chi connectivity index (χ1) is 26.8. The molecule has 1 aromatic heterocycles. The van der Waals surface area contributed by atoms with Crippen LogP contribution in [0.2, 0.25) is 0 Å². The Hall–Kier alpha value is -6.66. The van der Waals surface area contributed by atoms with E-state index in [-0.39, 0.29) is 56.7 Å². The lowest BCUT2D eigenvalue weighted by Crippen LogP contribution is -2.76. The Kier molecular flexibility index (Phi) is 9.88. The number of aromatic hydroxyl groups is 1. The van der Waals surface area contributed by atoms with Crippen molar-refractivity contribution in [2.24, 2.45) is 0 Å². The van der Waals surface area contributed by atoms with Crippen molar-refractivity contribution in [1.29, 1.82) is 0 Å². The molecule has 1 unspecified atom stereocenters. The number of hydrogen-bond acceptors (Lipinski definition) is 8. The molecule has 2 N–H and O–H groups in total. The molecule has 0 radical (unpaired) electrons. The predicted octanol–water partition coefficient (Wildman–Crippen LogP) is 5.96. The first kappa shape index (κ1) is 35.4. The van der Waals surface area contributed by atoms with E-state index in [9.17, 15) is 19.5 Å². The average molecular weight is 737 g/mol. The molecule has 278 valence electrons. The summed E-state index contributed by atoms with van der Waals surface area (Å²) in [6.45, 7) is 0.470. The molecule has 3 heterocycles. The van der Waals surface area contributed by atoms with Crippen molar-refractivity contribution in [1.82, 2.24) is 30.3 Å². The maximum atomic E-state index is 14.6. The number of ether oxygens (including phenoxy) is 1. The van der Waals surface area contributed by atoms with Crippen LogP contribution in [0.25, 0.3) is 22.0 Å². The van der Waals surface area contributed by atoms with Gasteiger partial charge in [0.05, 0.1) is 26.7 Å². The van der Waals surface area contributed by atoms with Gasteiger partial charge in [0.1, 0.15) is 29.4 Å². The van der Waals surface area contributed by atoms with Gasteiger partial charge in [0.15, 0.2) is 5.76 Å². The fourth-order valence-electron chi connectivity index (χ4n) is 7.51. The zero-order chi connectivity index (χ0) is 37.9. The van der Waals surface area contributed by atoms with Gasteiger partial charge >= 0.3 is 6.03 Å². The highest BCUT2D eigenvalue weighted by Crippen LogP contribution is 2.32. The van der Waals surface area contributed by atoms with E-state index in [4.69, 9.17) is 9.26 Å². The van der Waals surface area contributed by atoms with Crippen LogP contribution in [0, 0.1) is 0 Å². The molecule has 0 aliphatic carbocycles. The molecule has 2 aliphatic rings. The third-order valence-electron chi connectivity index (χ3n) is 10.2. The van der Waals surface area contributed by atoms with Crippen molar-refractivity contribution in [2.75, 3.05) is 20.2 Å². The summed E-state index contributed by atoms with van der Waals surface area (Å²) >= 11 is 0. The average Bonchev–Trinajstić information content (AvgIpc) is 3.68. The number of fused-ring (bicyclic) bond motifs is 2. The third-order valence-corrected chi connectivity index (χ3v) is 10.2. The molecule has 2 atom stereocenters. The molecule has 55 heavy (non-hydrogen) atoms. The molecule has 4 amide bonds. The van der Waals surface area contributed by atoms with Gasteiger partial charge in [-0.2, -0.15) is 5.01 Å². The third kappa shape index (κ3) is 7.44. The molecule has 2 saturated heterocycles. The lowest BCUT2D eigenvalue weighted by Gasteiger charge is -2.55. The van der Waals surface area contributed by atoms with Crippen LogP contribution in [-0.2, 0) is 35.6 Å². The van der Waals surface area contributed by atoms with Gasteiger partial charge in [-0.1, -0.05) is 102 Å². The van der Waals surface area contributed by atoms with E-state index in [1.165, 1.54) is 0 Å². The van der Waals surface area contributed by atoms with E-state index in [1.54, 1.807) is 57.3 Å². The van der Waals surface area contributed by atoms with Crippen LogP contribution in [-0.4, -0.2) is 80.3 Å². The lowest BCUT2D eigenvalue weighted by molar-refractivity contribution is -0.193. The number of carbonyl (C=O) groups is 3. The van der Waals surface area contributed by atoms with E-state index in [1.807, 2.05) is 97.1 Å². The van der Waals surface area contributed by atoms with Crippen LogP contribution in [0.3, 0.4) is 0 Å². The lowest BCUT2D eigenvalue weighted by atomic mass is 9.97. The van der Waals surface area contributed by atoms with Crippen LogP contribution >= 0.6 is 0 Å². The first-order valence-electron chi connectivity index (χ1n) is 18.1. The highest BCUT2D eigenvalue weighted by Gasteiger charge is 2.51. The Balaban J connectivity index is 1.16. The molecule has 8 rings (SSSR count). The number of benzene rings is 5. The minimum absolute atomic E-state index is 0.0612. The number of phenols is 1. The Morgan fingerprint density at radius 1 is 0.873 bits per heavy atom. The Morgan fingerprint density at radius 3 is 2.45 bits per heavy atom. The number of hydrazine groups is 1. The van der Waals surface area contributed by atoms with Gasteiger partial charge in [-0.25, -0.2) is 9.80 Å². The number of carbonyl (C=O) groups excluding carboxylic acids is 3. The highest BCUT2D eigenvalue weighted by atomic mass is 16.5. The van der Waals surface area contributed by atoms with Crippen molar-refractivity contribution >= 4 is 28.6 Å². The number of urea groups is 1. The summed E-state index contributed by atoms with van der Waals surface area (Å²) in [4.78, 5) is 46.8. The quantitative estimate of drug-likeness (QED) is 0.176. The second-order valence-corrected chi connectivity index (χ2v) is 13.7. The van der Waals surface area contributed by atoms with E-state index >= 15 is 0 Å². The van der Waals surface area contributed by atoms with Gasteiger partial charge in [-0.15, -0.1) is 0 Å². The fraction of sp³-hybridized carbons (Fsp3) is 0.209. The number of nitrogens with one attached hydrogen (secondary N) is 1. The van der Waals surface area contributed by atoms with Gasteiger partial charge < -0.3 is 29.5 Å². The fourth-order valence-corrected chi connectivity index (χ4v) is 7.51. The summed E-state index contributed by atoms with van der Waals surface area (Å²) in [6, 6.07) is 38.1. The van der Waals surface area contributed by atoms with E-state index < -0.39 is 18.2 Å². The van der Waals surface area contributed by atoms with Crippen molar-refractivity contribution in [3.8, 4) is 22.8 Å². The van der Waals surface area contributed by atoms with Gasteiger partial charge in [0.2, 0.25) is 11.8 Å². The summed E-state index contributed by atoms with van der Waals surface area (Å²) in [5.41, 5.74) is 4.00. The summed E-state index contributed by atoms with van der Waals surface area (Å²) in [6.07, 6.45) is -0.661. The van der Waals surface area contributed by atoms with E-state index in [0.29, 0.717) is 17.2 Å². The smallest absolute Gasteiger partial charge is 0.334 e. The van der Waals surface area contributed by atoms with Crippen molar-refractivity contribution < 1.29 is 28.8 Å². The monoisotopic (exact) mass is 736 g/mol. The van der Waals surface area contributed by atoms with Crippen LogP contribution in [0.5, 0.6) is 11.5 Å². The number of piperazine rings is 1. The second kappa shape index (κ2) is 15.4. The molecule has 5 aromatic carbocycles. The molecular formula is C43H40N6O6. The summed E-state index contributed by atoms with van der Waals surface area (Å²) < 4.78 is 11.2. The molecular weight excluding hydrogens is 697 g/mol. The SMILES string of the molecule is COc1cccc(-c2cc(CN3CC(=O)N4C(CN(Cc5cccc6ccccc56)C(=O)[C@@H]4Cc4ccc(O)cc4)N3C(=O)NCc3ccccc3)on2)c1. The van der Waals surface area contributed by atoms with Crippen molar-refractivity contribution in [3.63, 3.8) is 0 Å². The van der Waals surface area contributed by atoms with Gasteiger partial charge in [-0.05, 0) is 51.7 Å². The zero-order valence-corrected chi connectivity index (χ0v) is 30.2. The summed E-state index contributed by atoms with van der Waals surface area (Å²) in [5.74, 6) is 0.697. The zero-order valence-electron chi connectivity index (χ0n) is 30.2. The number of amides is 4. The van der Waals surface area contributed by atoms with Crippen molar-refractivity contribution in [2.45, 2.75) is 38.3 Å². The van der Waals surface area contributed by atoms with Gasteiger partial charge in [0, 0.05) is 31.1 Å². The van der Waals surface area contributed by atoms with Gasteiger partial charge in [-0.3, -0.25) is 9.59 Å². The Labute approximate surface area is 318 Å². The first-order valence-corrected chi connectivity index (χ1v) is 18.1. The van der Waals surface area contributed by atoms with Gasteiger partial charge in [0.25, 0.3) is 0 Å². The molecule has 12 heteroatoms. The predicted molar refractivity (Wildman–Crippen MR) is 205 cm³/mol. The standard InChI is InChI=1S/C43H40N6O6/c1-54-35-15-8-13-32(22-35)38-23-36(55-45-38)26-47-28-41(51)48-39(21-29-17-19-34(50)20-18-29)42(52)46(25-33-14-7-12-31-11-5-6-16-37(31)33)27-40(48)49(47)43(53)44-24-30-9-3-2-4-10-30/h2-20,22-23,39-40,50H,21,24-28H2,1H3,(H,44,53)/t39-,40?/m0/s1.